The Morgan fingerprint density at radius 1 is 0.800 bits per heavy atom. The molecule has 1 N–H and O–H groups in total. The van der Waals surface area contributed by atoms with Crippen molar-refractivity contribution in [3.05, 3.63) is 95.6 Å². The highest BCUT2D eigenvalue weighted by atomic mass is 19.4. The second kappa shape index (κ2) is 9.82. The molecule has 0 aliphatic heterocycles. The summed E-state index contributed by atoms with van der Waals surface area (Å²) in [7, 11) is 0. The molecular formula is C23H20F3NO3. The van der Waals surface area contributed by atoms with Crippen LogP contribution in [0, 0.1) is 0 Å². The Morgan fingerprint density at radius 3 is 2.13 bits per heavy atom. The maximum atomic E-state index is 12.6. The largest absolute Gasteiger partial charge is 0.489 e. The van der Waals surface area contributed by atoms with E-state index in [4.69, 9.17) is 4.74 Å². The van der Waals surface area contributed by atoms with Crippen LogP contribution in [0.4, 0.5) is 13.2 Å². The highest BCUT2D eigenvalue weighted by Crippen LogP contribution is 2.19. The van der Waals surface area contributed by atoms with Crippen LogP contribution in [0.15, 0.2) is 78.9 Å². The van der Waals surface area contributed by atoms with E-state index in [1.807, 2.05) is 42.5 Å². The third-order valence-corrected chi connectivity index (χ3v) is 4.18. The Bertz CT molecular complexity index is 957. The van der Waals surface area contributed by atoms with Gasteiger partial charge in [0, 0.05) is 17.7 Å². The lowest BCUT2D eigenvalue weighted by Gasteiger charge is -2.12. The Hall–Kier alpha value is -3.48. The van der Waals surface area contributed by atoms with Crippen LogP contribution in [0.2, 0.25) is 0 Å². The summed E-state index contributed by atoms with van der Waals surface area (Å²) >= 11 is 0. The minimum atomic E-state index is -4.38. The van der Waals surface area contributed by atoms with Crippen molar-refractivity contribution in [3.8, 4) is 11.5 Å². The Balaban J connectivity index is 1.56. The van der Waals surface area contributed by atoms with Crippen molar-refractivity contribution in [3.63, 3.8) is 0 Å². The number of benzene rings is 3. The van der Waals surface area contributed by atoms with Gasteiger partial charge in [0.2, 0.25) is 0 Å². The molecular weight excluding hydrogens is 395 g/mol. The number of carbonyl (C=O) groups is 1. The molecule has 3 aromatic carbocycles. The lowest BCUT2D eigenvalue weighted by Crippen LogP contribution is -2.24. The molecule has 0 aliphatic carbocycles. The lowest BCUT2D eigenvalue weighted by molar-refractivity contribution is -0.153. The number of alkyl halides is 3. The molecule has 0 radical (unpaired) electrons. The summed E-state index contributed by atoms with van der Waals surface area (Å²) in [6.07, 6.45) is -4.38. The first-order valence-electron chi connectivity index (χ1n) is 9.23. The minimum Gasteiger partial charge on any atom is -0.489 e. The molecule has 4 nitrogen and oxygen atoms in total. The minimum absolute atomic E-state index is 0.116. The van der Waals surface area contributed by atoms with Crippen molar-refractivity contribution in [2.24, 2.45) is 0 Å². The van der Waals surface area contributed by atoms with Gasteiger partial charge in [0.15, 0.2) is 6.61 Å². The third-order valence-electron chi connectivity index (χ3n) is 4.18. The van der Waals surface area contributed by atoms with E-state index in [0.29, 0.717) is 11.3 Å². The molecule has 0 bridgehead atoms. The van der Waals surface area contributed by atoms with Gasteiger partial charge in [-0.15, -0.1) is 0 Å². The van der Waals surface area contributed by atoms with Crippen LogP contribution in [0.5, 0.6) is 11.5 Å². The molecule has 3 rings (SSSR count). The first-order chi connectivity index (χ1) is 14.4. The van der Waals surface area contributed by atoms with Gasteiger partial charge in [-0.2, -0.15) is 13.2 Å². The van der Waals surface area contributed by atoms with Crippen molar-refractivity contribution < 1.29 is 27.4 Å². The topological polar surface area (TPSA) is 47.6 Å². The van der Waals surface area contributed by atoms with Gasteiger partial charge in [0.1, 0.15) is 18.1 Å². The van der Waals surface area contributed by atoms with E-state index in [-0.39, 0.29) is 24.8 Å². The standard InChI is InChI=1S/C23H20F3NO3/c24-23(25,26)16-30-20-12-10-17(11-13-20)14-27-22(28)21-9-5-4-6-18(21)15-29-19-7-2-1-3-8-19/h1-13H,14-16H2,(H,27,28). The van der Waals surface area contributed by atoms with Gasteiger partial charge in [-0.25, -0.2) is 0 Å². The monoisotopic (exact) mass is 415 g/mol. The number of halogens is 3. The van der Waals surface area contributed by atoms with Gasteiger partial charge in [-0.05, 0) is 35.9 Å². The molecule has 7 heteroatoms. The molecule has 0 saturated heterocycles. The van der Waals surface area contributed by atoms with Crippen LogP contribution in [-0.2, 0) is 13.2 Å². The van der Waals surface area contributed by atoms with Crippen molar-refractivity contribution in [1.82, 2.24) is 5.32 Å². The number of rotatable bonds is 8. The number of ether oxygens (including phenoxy) is 2. The van der Waals surface area contributed by atoms with Crippen molar-refractivity contribution in [2.75, 3.05) is 6.61 Å². The molecule has 0 unspecified atom stereocenters. The molecule has 0 heterocycles. The molecule has 0 atom stereocenters. The molecule has 0 aromatic heterocycles. The van der Waals surface area contributed by atoms with Crippen LogP contribution in [-0.4, -0.2) is 18.7 Å². The zero-order chi connectivity index (χ0) is 21.4. The molecule has 0 spiro atoms. The fourth-order valence-corrected chi connectivity index (χ4v) is 2.69. The molecule has 0 fully saturated rings. The third kappa shape index (κ3) is 6.55. The number of hydrogen-bond acceptors (Lipinski definition) is 3. The van der Waals surface area contributed by atoms with Gasteiger partial charge in [0.05, 0.1) is 0 Å². The average molecular weight is 415 g/mol. The van der Waals surface area contributed by atoms with Gasteiger partial charge in [0.25, 0.3) is 5.91 Å². The van der Waals surface area contributed by atoms with Gasteiger partial charge in [-0.3, -0.25) is 4.79 Å². The van der Waals surface area contributed by atoms with E-state index in [2.05, 4.69) is 10.1 Å². The highest BCUT2D eigenvalue weighted by molar-refractivity contribution is 5.95. The number of nitrogens with one attached hydrogen (secondary N) is 1. The Kier molecular flexibility index (Phi) is 6.95. The summed E-state index contributed by atoms with van der Waals surface area (Å²) in [5, 5.41) is 2.81. The van der Waals surface area contributed by atoms with E-state index >= 15 is 0 Å². The van der Waals surface area contributed by atoms with Crippen molar-refractivity contribution in [1.29, 1.82) is 0 Å². The molecule has 3 aromatic rings. The summed E-state index contributed by atoms with van der Waals surface area (Å²) in [6, 6.07) is 22.5. The Morgan fingerprint density at radius 2 is 1.43 bits per heavy atom. The first-order valence-corrected chi connectivity index (χ1v) is 9.23. The second-order valence-electron chi connectivity index (χ2n) is 6.49. The molecule has 1 amide bonds. The fourth-order valence-electron chi connectivity index (χ4n) is 2.69. The van der Waals surface area contributed by atoms with E-state index in [9.17, 15) is 18.0 Å². The summed E-state index contributed by atoms with van der Waals surface area (Å²) in [4.78, 5) is 12.6. The zero-order valence-corrected chi connectivity index (χ0v) is 16.0. The highest BCUT2D eigenvalue weighted by Gasteiger charge is 2.28. The lowest BCUT2D eigenvalue weighted by atomic mass is 10.1. The average Bonchev–Trinajstić information content (AvgIpc) is 2.76. The summed E-state index contributed by atoms with van der Waals surface area (Å²) in [5.41, 5.74) is 1.98. The molecule has 30 heavy (non-hydrogen) atoms. The predicted molar refractivity (Wildman–Crippen MR) is 106 cm³/mol. The van der Waals surface area contributed by atoms with E-state index in [0.717, 1.165) is 11.1 Å². The van der Waals surface area contributed by atoms with Gasteiger partial charge < -0.3 is 14.8 Å². The van der Waals surface area contributed by atoms with Gasteiger partial charge in [-0.1, -0.05) is 48.5 Å². The summed E-state index contributed by atoms with van der Waals surface area (Å²) in [5.74, 6) is 0.561. The predicted octanol–water partition coefficient (Wildman–Crippen LogP) is 5.14. The second-order valence-corrected chi connectivity index (χ2v) is 6.49. The van der Waals surface area contributed by atoms with Crippen molar-refractivity contribution >= 4 is 5.91 Å². The van der Waals surface area contributed by atoms with Crippen LogP contribution < -0.4 is 14.8 Å². The maximum absolute atomic E-state index is 12.6. The van der Waals surface area contributed by atoms with E-state index in [1.165, 1.54) is 12.1 Å². The molecule has 0 aliphatic rings. The van der Waals surface area contributed by atoms with Crippen LogP contribution >= 0.6 is 0 Å². The van der Waals surface area contributed by atoms with E-state index in [1.54, 1.807) is 24.3 Å². The number of carbonyl (C=O) groups excluding carboxylic acids is 1. The SMILES string of the molecule is O=C(NCc1ccc(OCC(F)(F)F)cc1)c1ccccc1COc1ccccc1. The smallest absolute Gasteiger partial charge is 0.422 e. The molecule has 0 saturated carbocycles. The van der Waals surface area contributed by atoms with E-state index < -0.39 is 12.8 Å². The first kappa shape index (κ1) is 21.2. The maximum Gasteiger partial charge on any atom is 0.422 e. The van der Waals surface area contributed by atoms with Gasteiger partial charge >= 0.3 is 6.18 Å². The molecule has 156 valence electrons. The van der Waals surface area contributed by atoms with Crippen LogP contribution in [0.1, 0.15) is 21.5 Å². The summed E-state index contributed by atoms with van der Waals surface area (Å²) < 4.78 is 47.0. The number of para-hydroxylation sites is 1. The zero-order valence-electron chi connectivity index (χ0n) is 16.0. The fraction of sp³-hybridized carbons (Fsp3) is 0.174. The summed E-state index contributed by atoms with van der Waals surface area (Å²) in [6.45, 7) is -0.865. The Labute approximate surface area is 172 Å². The van der Waals surface area contributed by atoms with Crippen molar-refractivity contribution in [2.45, 2.75) is 19.3 Å². The number of amides is 1. The van der Waals surface area contributed by atoms with Crippen LogP contribution in [0.25, 0.3) is 0 Å². The van der Waals surface area contributed by atoms with Crippen LogP contribution in [0.3, 0.4) is 0 Å². The quantitative estimate of drug-likeness (QED) is 0.554. The number of hydrogen-bond donors (Lipinski definition) is 1. The normalized spacial score (nSPS) is 11.0.